The third-order valence-corrected chi connectivity index (χ3v) is 4.32. The summed E-state index contributed by atoms with van der Waals surface area (Å²) < 4.78 is 40.6. The van der Waals surface area contributed by atoms with Gasteiger partial charge in [-0.25, -0.2) is 9.67 Å². The Hall–Kier alpha value is -1.93. The largest absolute Gasteiger partial charge is 0.416 e. The molecule has 0 aliphatic carbocycles. The molecule has 0 spiro atoms. The molecule has 0 unspecified atom stereocenters. The smallest absolute Gasteiger partial charge is 0.392 e. The zero-order valence-electron chi connectivity index (χ0n) is 13.2. The van der Waals surface area contributed by atoms with E-state index in [0.717, 1.165) is 11.9 Å². The number of nitrogens with zero attached hydrogens (tertiary/aromatic N) is 4. The van der Waals surface area contributed by atoms with Gasteiger partial charge in [0.05, 0.1) is 18.2 Å². The lowest BCUT2D eigenvalue weighted by molar-refractivity contribution is -0.137. The van der Waals surface area contributed by atoms with Crippen LogP contribution in [0.5, 0.6) is 0 Å². The number of benzene rings is 1. The van der Waals surface area contributed by atoms with Crippen molar-refractivity contribution >= 4 is 0 Å². The minimum atomic E-state index is -4.37. The summed E-state index contributed by atoms with van der Waals surface area (Å²) in [4.78, 5) is 6.16. The maximum atomic E-state index is 12.9. The summed E-state index contributed by atoms with van der Waals surface area (Å²) in [6, 6.07) is 5.04. The van der Waals surface area contributed by atoms with Gasteiger partial charge in [0.2, 0.25) is 0 Å². The summed E-state index contributed by atoms with van der Waals surface area (Å²) in [7, 11) is 0. The first kappa shape index (κ1) is 16.9. The predicted molar refractivity (Wildman–Crippen MR) is 80.9 cm³/mol. The van der Waals surface area contributed by atoms with E-state index in [4.69, 9.17) is 0 Å². The molecule has 8 heteroatoms. The number of aliphatic hydroxyl groups is 1. The van der Waals surface area contributed by atoms with E-state index in [1.54, 1.807) is 10.7 Å². The monoisotopic (exact) mass is 340 g/mol. The van der Waals surface area contributed by atoms with Crippen LogP contribution in [0.1, 0.15) is 36.3 Å². The first-order chi connectivity index (χ1) is 11.4. The summed E-state index contributed by atoms with van der Waals surface area (Å²) in [6.45, 7) is 3.45. The van der Waals surface area contributed by atoms with Crippen molar-refractivity contribution in [3.8, 4) is 0 Å². The van der Waals surface area contributed by atoms with E-state index in [0.29, 0.717) is 31.6 Å². The fourth-order valence-corrected chi connectivity index (χ4v) is 3.18. The first-order valence-corrected chi connectivity index (χ1v) is 7.84. The lowest BCUT2D eigenvalue weighted by Gasteiger charge is -2.24. The molecule has 0 saturated carbocycles. The number of hydrogen-bond donors (Lipinski definition) is 1. The van der Waals surface area contributed by atoms with Crippen molar-refractivity contribution in [3.63, 3.8) is 0 Å². The molecule has 1 aliphatic rings. The van der Waals surface area contributed by atoms with Crippen molar-refractivity contribution in [1.82, 2.24) is 19.7 Å². The van der Waals surface area contributed by atoms with Gasteiger partial charge in [-0.3, -0.25) is 4.90 Å². The van der Waals surface area contributed by atoms with Crippen LogP contribution in [-0.2, 0) is 19.3 Å². The molecule has 2 heterocycles. The van der Waals surface area contributed by atoms with E-state index >= 15 is 0 Å². The zero-order chi connectivity index (χ0) is 17.3. The number of alkyl halides is 3. The van der Waals surface area contributed by atoms with Crippen molar-refractivity contribution < 1.29 is 18.3 Å². The minimum Gasteiger partial charge on any atom is -0.392 e. The summed E-state index contributed by atoms with van der Waals surface area (Å²) >= 11 is 0. The Balaban J connectivity index is 1.86. The van der Waals surface area contributed by atoms with Crippen LogP contribution in [0.4, 0.5) is 13.2 Å². The van der Waals surface area contributed by atoms with Crippen LogP contribution >= 0.6 is 0 Å². The van der Waals surface area contributed by atoms with Crippen molar-refractivity contribution in [3.05, 3.63) is 47.5 Å². The number of likely N-dealkylation sites (tertiary alicyclic amines) is 1. The maximum absolute atomic E-state index is 12.9. The Morgan fingerprint density at radius 3 is 2.83 bits per heavy atom. The van der Waals surface area contributed by atoms with E-state index in [1.165, 1.54) is 18.5 Å². The molecule has 0 bridgehead atoms. The SMILES string of the molecule is CCn1ncnc1CN1C[C@@H](O)C[C@@H]1c1cccc(C(F)(F)F)c1. The molecule has 1 aromatic carbocycles. The molecule has 3 rings (SSSR count). The molecule has 0 radical (unpaired) electrons. The summed E-state index contributed by atoms with van der Waals surface area (Å²) in [5.41, 5.74) is -0.109. The number of hydrogen-bond acceptors (Lipinski definition) is 4. The molecule has 2 aromatic rings. The molecule has 1 fully saturated rings. The van der Waals surface area contributed by atoms with Gasteiger partial charge in [0.25, 0.3) is 0 Å². The Bertz CT molecular complexity index is 701. The summed E-state index contributed by atoms with van der Waals surface area (Å²) in [5.74, 6) is 0.739. The van der Waals surface area contributed by atoms with Gasteiger partial charge in [-0.15, -0.1) is 0 Å². The number of β-amino-alcohol motifs (C(OH)–C–C–N with tert-alkyl or cyclic N) is 1. The highest BCUT2D eigenvalue weighted by Gasteiger charge is 2.35. The zero-order valence-corrected chi connectivity index (χ0v) is 13.2. The second-order valence-corrected chi connectivity index (χ2v) is 5.95. The third kappa shape index (κ3) is 3.44. The van der Waals surface area contributed by atoms with Crippen LogP contribution < -0.4 is 0 Å². The van der Waals surface area contributed by atoms with Gasteiger partial charge >= 0.3 is 6.18 Å². The van der Waals surface area contributed by atoms with Gasteiger partial charge in [-0.05, 0) is 31.0 Å². The summed E-state index contributed by atoms with van der Waals surface area (Å²) in [6.07, 6.45) is -3.07. The predicted octanol–water partition coefficient (Wildman–Crippen LogP) is 2.62. The number of aromatic nitrogens is 3. The van der Waals surface area contributed by atoms with Crippen LogP contribution in [0.15, 0.2) is 30.6 Å². The third-order valence-electron chi connectivity index (χ3n) is 4.32. The lowest BCUT2D eigenvalue weighted by atomic mass is 10.0. The average Bonchev–Trinajstić information content (AvgIpc) is 3.13. The highest BCUT2D eigenvalue weighted by molar-refractivity contribution is 5.29. The molecule has 1 aromatic heterocycles. The molecular formula is C16H19F3N4O. The molecular weight excluding hydrogens is 321 g/mol. The molecule has 0 amide bonds. The molecule has 1 N–H and O–H groups in total. The van der Waals surface area contributed by atoms with Gasteiger partial charge in [-0.2, -0.15) is 18.3 Å². The fourth-order valence-electron chi connectivity index (χ4n) is 3.18. The van der Waals surface area contributed by atoms with Gasteiger partial charge in [-0.1, -0.05) is 12.1 Å². The van der Waals surface area contributed by atoms with Crippen LogP contribution in [0.3, 0.4) is 0 Å². The van der Waals surface area contributed by atoms with Gasteiger partial charge in [0, 0.05) is 19.1 Å². The highest BCUT2D eigenvalue weighted by Crippen LogP contribution is 2.36. The van der Waals surface area contributed by atoms with E-state index in [1.807, 2.05) is 11.8 Å². The maximum Gasteiger partial charge on any atom is 0.416 e. The molecule has 24 heavy (non-hydrogen) atoms. The topological polar surface area (TPSA) is 54.2 Å². The van der Waals surface area contributed by atoms with Crippen molar-refractivity contribution in [2.45, 2.75) is 44.8 Å². The van der Waals surface area contributed by atoms with Crippen LogP contribution in [-0.4, -0.2) is 37.4 Å². The lowest BCUT2D eigenvalue weighted by Crippen LogP contribution is -2.26. The van der Waals surface area contributed by atoms with Gasteiger partial charge in [0.1, 0.15) is 12.2 Å². The van der Waals surface area contributed by atoms with Gasteiger partial charge in [0.15, 0.2) is 0 Å². The molecule has 5 nitrogen and oxygen atoms in total. The standard InChI is InChI=1S/C16H19F3N4O/c1-2-23-15(20-10-21-23)9-22-8-13(24)7-14(22)11-4-3-5-12(6-11)16(17,18)19/h3-6,10,13-14,24H,2,7-9H2,1H3/t13-,14+/m0/s1. The Labute approximate surface area is 137 Å². The Kier molecular flexibility index (Phi) is 4.60. The van der Waals surface area contributed by atoms with Crippen molar-refractivity contribution in [2.75, 3.05) is 6.54 Å². The minimum absolute atomic E-state index is 0.274. The molecule has 130 valence electrons. The number of aryl methyl sites for hydroxylation is 1. The highest BCUT2D eigenvalue weighted by atomic mass is 19.4. The van der Waals surface area contributed by atoms with Crippen LogP contribution in [0.25, 0.3) is 0 Å². The summed E-state index contributed by atoms with van der Waals surface area (Å²) in [5, 5.41) is 14.1. The molecule has 1 aliphatic heterocycles. The molecule has 1 saturated heterocycles. The normalized spacial score (nSPS) is 22.2. The Morgan fingerprint density at radius 2 is 2.12 bits per heavy atom. The van der Waals surface area contributed by atoms with Crippen molar-refractivity contribution in [2.24, 2.45) is 0 Å². The van der Waals surface area contributed by atoms with E-state index < -0.39 is 17.8 Å². The van der Waals surface area contributed by atoms with Crippen molar-refractivity contribution in [1.29, 1.82) is 0 Å². The first-order valence-electron chi connectivity index (χ1n) is 7.84. The van der Waals surface area contributed by atoms with E-state index in [-0.39, 0.29) is 6.04 Å². The second kappa shape index (κ2) is 6.52. The van der Waals surface area contributed by atoms with Crippen LogP contribution in [0, 0.1) is 0 Å². The number of aliphatic hydroxyl groups excluding tert-OH is 1. The van der Waals surface area contributed by atoms with E-state index in [9.17, 15) is 18.3 Å². The average molecular weight is 340 g/mol. The van der Waals surface area contributed by atoms with Crippen LogP contribution in [0.2, 0.25) is 0 Å². The molecule has 2 atom stereocenters. The van der Waals surface area contributed by atoms with Gasteiger partial charge < -0.3 is 5.11 Å². The fraction of sp³-hybridized carbons (Fsp3) is 0.500. The quantitative estimate of drug-likeness (QED) is 0.930. The second-order valence-electron chi connectivity index (χ2n) is 5.95. The number of halogens is 3. The number of rotatable bonds is 4. The Morgan fingerprint density at radius 1 is 1.33 bits per heavy atom. The van der Waals surface area contributed by atoms with E-state index in [2.05, 4.69) is 10.1 Å².